The van der Waals surface area contributed by atoms with E-state index in [0.29, 0.717) is 32.0 Å². The van der Waals surface area contributed by atoms with E-state index in [0.717, 1.165) is 19.3 Å². The van der Waals surface area contributed by atoms with Crippen LogP contribution in [0, 0.1) is 5.92 Å². The van der Waals surface area contributed by atoms with E-state index < -0.39 is 11.7 Å². The van der Waals surface area contributed by atoms with Crippen LogP contribution in [-0.4, -0.2) is 64.8 Å². The molecule has 2 fully saturated rings. The maximum atomic E-state index is 12.7. The van der Waals surface area contributed by atoms with Crippen LogP contribution in [0.4, 0.5) is 4.79 Å². The van der Waals surface area contributed by atoms with Crippen molar-refractivity contribution in [1.82, 2.24) is 9.80 Å². The molecule has 2 saturated heterocycles. The van der Waals surface area contributed by atoms with E-state index in [1.165, 1.54) is 0 Å². The van der Waals surface area contributed by atoms with E-state index in [9.17, 15) is 14.7 Å². The van der Waals surface area contributed by atoms with Crippen LogP contribution in [-0.2, 0) is 9.53 Å². The Labute approximate surface area is 132 Å². The Hall–Kier alpha value is -1.30. The fraction of sp³-hybridized carbons (Fsp3) is 0.875. The summed E-state index contributed by atoms with van der Waals surface area (Å²) >= 11 is 0. The summed E-state index contributed by atoms with van der Waals surface area (Å²) in [5.41, 5.74) is -0.549. The summed E-state index contributed by atoms with van der Waals surface area (Å²) in [6.45, 7) is 7.60. The Bertz CT molecular complexity index is 411. The zero-order valence-electron chi connectivity index (χ0n) is 13.9. The molecular weight excluding hydrogens is 284 g/mol. The first kappa shape index (κ1) is 17.1. The number of ether oxygens (including phenoxy) is 1. The fourth-order valence-electron chi connectivity index (χ4n) is 3.11. The van der Waals surface area contributed by atoms with E-state index >= 15 is 0 Å². The second-order valence-corrected chi connectivity index (χ2v) is 7.28. The van der Waals surface area contributed by atoms with Gasteiger partial charge in [0.05, 0.1) is 0 Å². The molecule has 2 amide bonds. The van der Waals surface area contributed by atoms with Gasteiger partial charge in [-0.15, -0.1) is 0 Å². The summed E-state index contributed by atoms with van der Waals surface area (Å²) in [7, 11) is 0. The Morgan fingerprint density at radius 1 is 1.14 bits per heavy atom. The molecule has 0 unspecified atom stereocenters. The van der Waals surface area contributed by atoms with Crippen LogP contribution in [0.3, 0.4) is 0 Å². The Kier molecular flexibility index (Phi) is 5.32. The SMILES string of the molecule is CC(C)(C)OC(=O)N1CCC[C@H]1C(=O)N1CCC(CO)CC1. The van der Waals surface area contributed by atoms with Gasteiger partial charge in [-0.1, -0.05) is 0 Å². The summed E-state index contributed by atoms with van der Waals surface area (Å²) in [4.78, 5) is 28.4. The van der Waals surface area contributed by atoms with Crippen molar-refractivity contribution in [1.29, 1.82) is 0 Å². The second-order valence-electron chi connectivity index (χ2n) is 7.28. The van der Waals surface area contributed by atoms with Gasteiger partial charge in [-0.05, 0) is 52.4 Å². The fourth-order valence-corrected chi connectivity index (χ4v) is 3.11. The van der Waals surface area contributed by atoms with Gasteiger partial charge in [0.25, 0.3) is 0 Å². The summed E-state index contributed by atoms with van der Waals surface area (Å²) in [6, 6.07) is -0.388. The highest BCUT2D eigenvalue weighted by Crippen LogP contribution is 2.25. The van der Waals surface area contributed by atoms with Crippen LogP contribution in [0.5, 0.6) is 0 Å². The highest BCUT2D eigenvalue weighted by atomic mass is 16.6. The van der Waals surface area contributed by atoms with Gasteiger partial charge < -0.3 is 14.7 Å². The van der Waals surface area contributed by atoms with E-state index in [1.807, 2.05) is 25.7 Å². The third-order valence-electron chi connectivity index (χ3n) is 4.35. The third-order valence-corrected chi connectivity index (χ3v) is 4.35. The molecule has 0 aromatic heterocycles. The maximum Gasteiger partial charge on any atom is 0.410 e. The first-order chi connectivity index (χ1) is 10.3. The number of likely N-dealkylation sites (tertiary alicyclic amines) is 2. The van der Waals surface area contributed by atoms with Crippen LogP contribution in [0.15, 0.2) is 0 Å². The van der Waals surface area contributed by atoms with E-state index in [4.69, 9.17) is 4.74 Å². The van der Waals surface area contributed by atoms with Gasteiger partial charge in [0.2, 0.25) is 5.91 Å². The van der Waals surface area contributed by atoms with Crippen molar-refractivity contribution in [2.24, 2.45) is 5.92 Å². The van der Waals surface area contributed by atoms with Gasteiger partial charge in [0.15, 0.2) is 0 Å². The first-order valence-corrected chi connectivity index (χ1v) is 8.21. The number of aliphatic hydroxyl groups excluding tert-OH is 1. The molecule has 2 aliphatic heterocycles. The lowest BCUT2D eigenvalue weighted by molar-refractivity contribution is -0.137. The van der Waals surface area contributed by atoms with Gasteiger partial charge in [0.1, 0.15) is 11.6 Å². The molecule has 126 valence electrons. The Balaban J connectivity index is 1.95. The number of nitrogens with zero attached hydrogens (tertiary/aromatic N) is 2. The van der Waals surface area contributed by atoms with Gasteiger partial charge >= 0.3 is 6.09 Å². The maximum absolute atomic E-state index is 12.7. The lowest BCUT2D eigenvalue weighted by atomic mass is 9.97. The van der Waals surface area contributed by atoms with Crippen LogP contribution in [0.25, 0.3) is 0 Å². The third kappa shape index (κ3) is 4.12. The molecule has 0 saturated carbocycles. The summed E-state index contributed by atoms with van der Waals surface area (Å²) in [5, 5.41) is 9.18. The Morgan fingerprint density at radius 2 is 1.77 bits per heavy atom. The molecule has 0 aliphatic carbocycles. The molecule has 0 spiro atoms. The average molecular weight is 312 g/mol. The molecule has 22 heavy (non-hydrogen) atoms. The number of hydrogen-bond donors (Lipinski definition) is 1. The van der Waals surface area contributed by atoms with Crippen molar-refractivity contribution in [3.8, 4) is 0 Å². The number of carbonyl (C=O) groups excluding carboxylic acids is 2. The molecule has 1 atom stereocenters. The van der Waals surface area contributed by atoms with Gasteiger partial charge in [0, 0.05) is 26.2 Å². The molecule has 6 heteroatoms. The molecule has 1 N–H and O–H groups in total. The molecule has 2 aliphatic rings. The minimum Gasteiger partial charge on any atom is -0.444 e. The van der Waals surface area contributed by atoms with Gasteiger partial charge in [-0.3, -0.25) is 9.69 Å². The monoisotopic (exact) mass is 312 g/mol. The van der Waals surface area contributed by atoms with Crippen LogP contribution >= 0.6 is 0 Å². The minimum absolute atomic E-state index is 0.0275. The number of piperidine rings is 1. The van der Waals surface area contributed by atoms with Crippen molar-refractivity contribution >= 4 is 12.0 Å². The number of aliphatic hydroxyl groups is 1. The number of rotatable bonds is 2. The summed E-state index contributed by atoms with van der Waals surface area (Å²) in [6.07, 6.45) is 2.82. The average Bonchev–Trinajstić information content (AvgIpc) is 2.94. The molecule has 0 bridgehead atoms. The zero-order chi connectivity index (χ0) is 16.3. The molecule has 0 aromatic carbocycles. The summed E-state index contributed by atoms with van der Waals surface area (Å²) < 4.78 is 5.41. The van der Waals surface area contributed by atoms with E-state index in [2.05, 4.69) is 0 Å². The largest absolute Gasteiger partial charge is 0.444 e. The summed E-state index contributed by atoms with van der Waals surface area (Å²) in [5.74, 6) is 0.328. The van der Waals surface area contributed by atoms with Crippen LogP contribution < -0.4 is 0 Å². The van der Waals surface area contributed by atoms with Crippen molar-refractivity contribution in [2.75, 3.05) is 26.2 Å². The second kappa shape index (κ2) is 6.86. The molecule has 0 aromatic rings. The van der Waals surface area contributed by atoms with E-state index in [-0.39, 0.29) is 18.6 Å². The lowest BCUT2D eigenvalue weighted by Gasteiger charge is -2.35. The normalized spacial score (nSPS) is 23.7. The van der Waals surface area contributed by atoms with Gasteiger partial charge in [-0.25, -0.2) is 4.79 Å². The zero-order valence-corrected chi connectivity index (χ0v) is 13.9. The van der Waals surface area contributed by atoms with E-state index in [1.54, 1.807) is 4.90 Å². The standard InChI is InChI=1S/C16H28N2O4/c1-16(2,3)22-15(21)18-8-4-5-13(18)14(20)17-9-6-12(11-19)7-10-17/h12-13,19H,4-11H2,1-3H3/t13-/m0/s1. The molecular formula is C16H28N2O4. The predicted molar refractivity (Wildman–Crippen MR) is 82.4 cm³/mol. The molecule has 2 rings (SSSR count). The quantitative estimate of drug-likeness (QED) is 0.841. The smallest absolute Gasteiger partial charge is 0.410 e. The molecule has 0 radical (unpaired) electrons. The van der Waals surface area contributed by atoms with Crippen LogP contribution in [0.2, 0.25) is 0 Å². The first-order valence-electron chi connectivity index (χ1n) is 8.21. The molecule has 6 nitrogen and oxygen atoms in total. The minimum atomic E-state index is -0.549. The van der Waals surface area contributed by atoms with Crippen molar-refractivity contribution in [3.05, 3.63) is 0 Å². The topological polar surface area (TPSA) is 70.1 Å². The molecule has 2 heterocycles. The number of amides is 2. The number of hydrogen-bond acceptors (Lipinski definition) is 4. The highest BCUT2D eigenvalue weighted by molar-refractivity contribution is 5.86. The lowest BCUT2D eigenvalue weighted by Crippen LogP contribution is -2.51. The van der Waals surface area contributed by atoms with Crippen molar-refractivity contribution < 1.29 is 19.4 Å². The predicted octanol–water partition coefficient (Wildman–Crippen LogP) is 1.62. The van der Waals surface area contributed by atoms with Crippen LogP contribution in [0.1, 0.15) is 46.5 Å². The Morgan fingerprint density at radius 3 is 2.32 bits per heavy atom. The number of carbonyl (C=O) groups is 2. The van der Waals surface area contributed by atoms with Crippen molar-refractivity contribution in [2.45, 2.75) is 58.1 Å². The highest BCUT2D eigenvalue weighted by Gasteiger charge is 2.39. The van der Waals surface area contributed by atoms with Crippen molar-refractivity contribution in [3.63, 3.8) is 0 Å². The van der Waals surface area contributed by atoms with Gasteiger partial charge in [-0.2, -0.15) is 0 Å².